The molecule has 9 heteroatoms. The average Bonchev–Trinajstić information content (AvgIpc) is 2.97. The number of benzene rings is 1. The molecular formula is C22H36BFO5SSi. The van der Waals surface area contributed by atoms with Gasteiger partial charge in [0.05, 0.1) is 16.1 Å². The van der Waals surface area contributed by atoms with E-state index in [1.54, 1.807) is 12.1 Å². The van der Waals surface area contributed by atoms with Gasteiger partial charge in [-0.3, -0.25) is 0 Å². The topological polar surface area (TPSA) is 61.8 Å². The highest BCUT2D eigenvalue weighted by atomic mass is 32.2. The molecule has 0 aromatic heterocycles. The fourth-order valence-corrected chi connectivity index (χ4v) is 6.03. The summed E-state index contributed by atoms with van der Waals surface area (Å²) in [6.45, 7) is 18.2. The Morgan fingerprint density at radius 1 is 1.13 bits per heavy atom. The molecule has 5 nitrogen and oxygen atoms in total. The van der Waals surface area contributed by atoms with Crippen LogP contribution in [0.25, 0.3) is 0 Å². The highest BCUT2D eigenvalue weighted by Crippen LogP contribution is 2.47. The standard InChI is InChI=1S/C22H36BFO5SSi/c1-20(2,3)31(9,10)27-19-16(24)13-14-15(11-12-17(18(14)19)30(8,25)26)23-28-21(4,5)22(6,7)29-23/h11-12,16,19H,13H2,1-10H3/t16-,19-/m1/s1. The Labute approximate surface area is 188 Å². The summed E-state index contributed by atoms with van der Waals surface area (Å²) >= 11 is 0. The van der Waals surface area contributed by atoms with E-state index in [-0.39, 0.29) is 16.4 Å². The van der Waals surface area contributed by atoms with Gasteiger partial charge in [0.1, 0.15) is 12.3 Å². The summed E-state index contributed by atoms with van der Waals surface area (Å²) in [6, 6.07) is 3.26. The summed E-state index contributed by atoms with van der Waals surface area (Å²) in [5, 5.41) is -0.135. The van der Waals surface area contributed by atoms with Crippen LogP contribution in [0.4, 0.5) is 4.39 Å². The number of sulfone groups is 1. The Morgan fingerprint density at radius 3 is 2.10 bits per heavy atom. The van der Waals surface area contributed by atoms with Crippen LogP contribution < -0.4 is 5.46 Å². The van der Waals surface area contributed by atoms with Gasteiger partial charge in [0.2, 0.25) is 0 Å². The minimum Gasteiger partial charge on any atom is -0.407 e. The van der Waals surface area contributed by atoms with Gasteiger partial charge in [-0.15, -0.1) is 0 Å². The van der Waals surface area contributed by atoms with Gasteiger partial charge in [0.15, 0.2) is 18.2 Å². The molecule has 0 spiro atoms. The van der Waals surface area contributed by atoms with Crippen molar-refractivity contribution in [2.24, 2.45) is 0 Å². The molecule has 2 atom stereocenters. The molecule has 0 radical (unpaired) electrons. The Morgan fingerprint density at radius 2 is 1.65 bits per heavy atom. The maximum Gasteiger partial charge on any atom is 0.495 e. The second kappa shape index (κ2) is 7.38. The highest BCUT2D eigenvalue weighted by molar-refractivity contribution is 7.90. The molecule has 1 saturated heterocycles. The summed E-state index contributed by atoms with van der Waals surface area (Å²) in [5.41, 5.74) is 0.657. The van der Waals surface area contributed by atoms with Crippen LogP contribution in [0.5, 0.6) is 0 Å². The largest absolute Gasteiger partial charge is 0.495 e. The summed E-state index contributed by atoms with van der Waals surface area (Å²) < 4.78 is 59.5. The van der Waals surface area contributed by atoms with Gasteiger partial charge in [-0.2, -0.15) is 0 Å². The van der Waals surface area contributed by atoms with Crippen molar-refractivity contribution in [2.45, 2.75) is 101 Å². The van der Waals surface area contributed by atoms with Crippen molar-refractivity contribution in [3.63, 3.8) is 0 Å². The van der Waals surface area contributed by atoms with Crippen molar-refractivity contribution in [3.8, 4) is 0 Å². The van der Waals surface area contributed by atoms with Crippen LogP contribution in [-0.4, -0.2) is 47.5 Å². The van der Waals surface area contributed by atoms with Crippen molar-refractivity contribution in [3.05, 3.63) is 23.3 Å². The smallest absolute Gasteiger partial charge is 0.407 e. The number of hydrogen-bond acceptors (Lipinski definition) is 5. The molecule has 0 amide bonds. The maximum atomic E-state index is 15.5. The highest BCUT2D eigenvalue weighted by Gasteiger charge is 2.54. The van der Waals surface area contributed by atoms with Crippen LogP contribution in [0.2, 0.25) is 18.1 Å². The first-order valence-corrected chi connectivity index (χ1v) is 15.6. The molecule has 0 bridgehead atoms. The van der Waals surface area contributed by atoms with Crippen LogP contribution >= 0.6 is 0 Å². The molecule has 0 N–H and O–H groups in total. The van der Waals surface area contributed by atoms with Crippen LogP contribution in [0.1, 0.15) is 65.7 Å². The summed E-state index contributed by atoms with van der Waals surface area (Å²) in [4.78, 5) is 0.131. The fourth-order valence-electron chi connectivity index (χ4n) is 3.82. The summed E-state index contributed by atoms with van der Waals surface area (Å²) in [6.07, 6.45) is -1.00. The number of rotatable bonds is 4. The first-order chi connectivity index (χ1) is 13.8. The zero-order valence-electron chi connectivity index (χ0n) is 20.4. The maximum absolute atomic E-state index is 15.5. The second-order valence-corrected chi connectivity index (χ2v) is 18.2. The molecule has 0 saturated carbocycles. The van der Waals surface area contributed by atoms with Crippen LogP contribution in [-0.2, 0) is 30.0 Å². The number of halogens is 1. The van der Waals surface area contributed by atoms with E-state index in [1.165, 1.54) is 0 Å². The third kappa shape index (κ3) is 4.28. The predicted molar refractivity (Wildman–Crippen MR) is 125 cm³/mol. The molecule has 174 valence electrons. The lowest BCUT2D eigenvalue weighted by atomic mass is 9.75. The molecule has 1 aliphatic heterocycles. The van der Waals surface area contributed by atoms with E-state index in [9.17, 15) is 8.42 Å². The summed E-state index contributed by atoms with van der Waals surface area (Å²) in [5.74, 6) is 0. The summed E-state index contributed by atoms with van der Waals surface area (Å²) in [7, 11) is -6.62. The molecule has 1 aliphatic carbocycles. The minimum atomic E-state index is -3.57. The van der Waals surface area contributed by atoms with Gasteiger partial charge in [0, 0.05) is 18.2 Å². The van der Waals surface area contributed by atoms with Crippen molar-refractivity contribution in [1.82, 2.24) is 0 Å². The van der Waals surface area contributed by atoms with Crippen molar-refractivity contribution >= 4 is 30.7 Å². The minimum absolute atomic E-state index is 0.0807. The van der Waals surface area contributed by atoms with Gasteiger partial charge in [-0.1, -0.05) is 26.8 Å². The first kappa shape index (κ1) is 24.9. The SMILES string of the molecule is CC1(C)OB(c2ccc(S(C)(=O)=O)c3c2C[C@@H](F)[C@H]3O[Si](C)(C)C(C)(C)C)OC1(C)C. The number of alkyl halides is 1. The van der Waals surface area contributed by atoms with Gasteiger partial charge in [-0.05, 0) is 62.9 Å². The second-order valence-electron chi connectivity index (χ2n) is 11.4. The molecule has 2 aliphatic rings. The van der Waals surface area contributed by atoms with E-state index in [0.717, 1.165) is 6.26 Å². The van der Waals surface area contributed by atoms with Crippen LogP contribution in [0.15, 0.2) is 17.0 Å². The monoisotopic (exact) mass is 470 g/mol. The quantitative estimate of drug-likeness (QED) is 0.613. The third-order valence-corrected chi connectivity index (χ3v) is 13.1. The molecule has 3 rings (SSSR count). The van der Waals surface area contributed by atoms with E-state index in [1.807, 2.05) is 27.7 Å². The van der Waals surface area contributed by atoms with Gasteiger partial charge < -0.3 is 13.7 Å². The van der Waals surface area contributed by atoms with Crippen molar-refractivity contribution < 1.29 is 26.5 Å². The van der Waals surface area contributed by atoms with Crippen LogP contribution in [0, 0.1) is 0 Å². The molecular weight excluding hydrogens is 434 g/mol. The fraction of sp³-hybridized carbons (Fsp3) is 0.727. The van der Waals surface area contributed by atoms with Gasteiger partial charge >= 0.3 is 7.12 Å². The zero-order chi connectivity index (χ0) is 23.8. The normalized spacial score (nSPS) is 25.7. The average molecular weight is 470 g/mol. The third-order valence-electron chi connectivity index (χ3n) is 7.50. The molecule has 1 heterocycles. The van der Waals surface area contributed by atoms with Gasteiger partial charge in [-0.25, -0.2) is 12.8 Å². The molecule has 1 fully saturated rings. The Kier molecular flexibility index (Phi) is 5.93. The van der Waals surface area contributed by atoms with E-state index >= 15 is 4.39 Å². The lowest BCUT2D eigenvalue weighted by Crippen LogP contribution is -2.43. The first-order valence-electron chi connectivity index (χ1n) is 10.8. The van der Waals surface area contributed by atoms with E-state index in [0.29, 0.717) is 16.6 Å². The van der Waals surface area contributed by atoms with E-state index < -0.39 is 48.8 Å². The molecule has 0 unspecified atom stereocenters. The Bertz CT molecular complexity index is 968. The predicted octanol–water partition coefficient (Wildman–Crippen LogP) is 4.35. The lowest BCUT2D eigenvalue weighted by molar-refractivity contribution is 0.00578. The lowest BCUT2D eigenvalue weighted by Gasteiger charge is -2.39. The van der Waals surface area contributed by atoms with Crippen molar-refractivity contribution in [2.75, 3.05) is 6.26 Å². The molecule has 1 aromatic carbocycles. The number of fused-ring (bicyclic) bond motifs is 1. The Hall–Kier alpha value is -0.738. The van der Waals surface area contributed by atoms with E-state index in [4.69, 9.17) is 13.7 Å². The molecule has 31 heavy (non-hydrogen) atoms. The molecule has 1 aromatic rings. The zero-order valence-corrected chi connectivity index (χ0v) is 22.2. The van der Waals surface area contributed by atoms with Gasteiger partial charge in [0.25, 0.3) is 0 Å². The number of hydrogen-bond donors (Lipinski definition) is 0. The van der Waals surface area contributed by atoms with Crippen LogP contribution in [0.3, 0.4) is 0 Å². The Balaban J connectivity index is 2.15. The van der Waals surface area contributed by atoms with Crippen molar-refractivity contribution in [1.29, 1.82) is 0 Å². The van der Waals surface area contributed by atoms with E-state index in [2.05, 4.69) is 33.9 Å².